The molecule has 1 aromatic heterocycles. The summed E-state index contributed by atoms with van der Waals surface area (Å²) in [4.78, 5) is 11.5. The van der Waals surface area contributed by atoms with Crippen molar-refractivity contribution in [2.45, 2.75) is 40.7 Å². The molecule has 4 nitrogen and oxygen atoms in total. The zero-order valence-electron chi connectivity index (χ0n) is 13.6. The van der Waals surface area contributed by atoms with Crippen LogP contribution in [0.3, 0.4) is 0 Å². The van der Waals surface area contributed by atoms with Gasteiger partial charge in [-0.2, -0.15) is 0 Å². The highest BCUT2D eigenvalue weighted by atomic mass is 32.1. The quantitative estimate of drug-likeness (QED) is 0.651. The van der Waals surface area contributed by atoms with E-state index in [1.54, 1.807) is 6.07 Å². The van der Waals surface area contributed by atoms with E-state index in [9.17, 15) is 4.79 Å². The molecule has 0 spiro atoms. The minimum Gasteiger partial charge on any atom is -0.423 e. The summed E-state index contributed by atoms with van der Waals surface area (Å²) in [5, 5.41) is 7.88. The Labute approximate surface area is 135 Å². The third-order valence-corrected chi connectivity index (χ3v) is 4.08. The van der Waals surface area contributed by atoms with Crippen LogP contribution in [0.5, 0.6) is 0 Å². The number of nitrogens with one attached hydrogen (secondary N) is 2. The molecule has 1 aromatic carbocycles. The van der Waals surface area contributed by atoms with Crippen molar-refractivity contribution >= 4 is 34.0 Å². The first kappa shape index (κ1) is 16.5. The van der Waals surface area contributed by atoms with Crippen LogP contribution in [-0.4, -0.2) is 11.2 Å². The van der Waals surface area contributed by atoms with Gasteiger partial charge in [-0.15, -0.1) is 0 Å². The fraction of sp³-hybridized carbons (Fsp3) is 0.412. The van der Waals surface area contributed by atoms with Gasteiger partial charge in [0.2, 0.25) is 0 Å². The lowest BCUT2D eigenvalue weighted by Gasteiger charge is -2.29. The number of hydrogen-bond acceptors (Lipinski definition) is 3. The third kappa shape index (κ3) is 3.85. The highest BCUT2D eigenvalue weighted by Gasteiger charge is 2.20. The van der Waals surface area contributed by atoms with E-state index in [4.69, 9.17) is 16.6 Å². The Morgan fingerprint density at radius 1 is 1.27 bits per heavy atom. The summed E-state index contributed by atoms with van der Waals surface area (Å²) in [5.41, 5.74) is 2.02. The topological polar surface area (TPSA) is 54.3 Å². The summed E-state index contributed by atoms with van der Waals surface area (Å²) < 4.78 is 5.24. The second-order valence-corrected chi connectivity index (χ2v) is 7.05. The second-order valence-electron chi connectivity index (χ2n) is 6.65. The van der Waals surface area contributed by atoms with Crippen molar-refractivity contribution < 1.29 is 4.42 Å². The Hall–Kier alpha value is -1.88. The van der Waals surface area contributed by atoms with Gasteiger partial charge >= 0.3 is 5.63 Å². The van der Waals surface area contributed by atoms with Gasteiger partial charge in [-0.1, -0.05) is 20.8 Å². The molecule has 118 valence electrons. The van der Waals surface area contributed by atoms with Crippen LogP contribution in [-0.2, 0) is 0 Å². The number of hydrogen-bond donors (Lipinski definition) is 2. The molecule has 1 heterocycles. The van der Waals surface area contributed by atoms with Crippen LogP contribution < -0.4 is 16.3 Å². The van der Waals surface area contributed by atoms with E-state index in [1.807, 2.05) is 19.1 Å². The van der Waals surface area contributed by atoms with Gasteiger partial charge in [-0.05, 0) is 49.2 Å². The summed E-state index contributed by atoms with van der Waals surface area (Å²) in [6.07, 6.45) is 0. The molecule has 2 N–H and O–H groups in total. The standard InChI is InChI=1S/C17H22N2O2S/c1-10-8-15(20)21-14-9-12(6-7-13(10)14)19-16(22)18-11(2)17(3,4)5/h6-9,11H,1-5H3,(H2,18,19,22). The van der Waals surface area contributed by atoms with Crippen LogP contribution in [0.1, 0.15) is 33.3 Å². The minimum atomic E-state index is -0.343. The van der Waals surface area contributed by atoms with E-state index in [0.29, 0.717) is 10.7 Å². The molecule has 0 amide bonds. The first-order valence-corrected chi connectivity index (χ1v) is 7.69. The monoisotopic (exact) mass is 318 g/mol. The zero-order valence-corrected chi connectivity index (χ0v) is 14.4. The molecule has 0 saturated carbocycles. The molecule has 0 aliphatic carbocycles. The minimum absolute atomic E-state index is 0.110. The number of fused-ring (bicyclic) bond motifs is 1. The van der Waals surface area contributed by atoms with Crippen LogP contribution in [0.25, 0.3) is 11.0 Å². The Bertz CT molecular complexity index is 759. The number of aryl methyl sites for hydroxylation is 1. The van der Waals surface area contributed by atoms with Gasteiger partial charge < -0.3 is 15.1 Å². The van der Waals surface area contributed by atoms with Crippen molar-refractivity contribution in [3.63, 3.8) is 0 Å². The van der Waals surface area contributed by atoms with E-state index >= 15 is 0 Å². The van der Waals surface area contributed by atoms with Gasteiger partial charge in [0, 0.05) is 29.2 Å². The molecule has 0 aliphatic rings. The SMILES string of the molecule is Cc1cc(=O)oc2cc(NC(=S)NC(C)C(C)(C)C)ccc12. The Balaban J connectivity index is 2.18. The predicted molar refractivity (Wildman–Crippen MR) is 95.5 cm³/mol. The molecule has 2 aromatic rings. The maximum Gasteiger partial charge on any atom is 0.336 e. The van der Waals surface area contributed by atoms with Crippen LogP contribution >= 0.6 is 12.2 Å². The van der Waals surface area contributed by atoms with Gasteiger partial charge in [0.1, 0.15) is 5.58 Å². The average Bonchev–Trinajstić information content (AvgIpc) is 2.36. The van der Waals surface area contributed by atoms with E-state index in [1.165, 1.54) is 6.07 Å². The van der Waals surface area contributed by atoms with E-state index in [0.717, 1.165) is 16.6 Å². The molecule has 0 fully saturated rings. The molecule has 0 aliphatic heterocycles. The van der Waals surface area contributed by atoms with Crippen molar-refractivity contribution in [2.24, 2.45) is 5.41 Å². The number of anilines is 1. The molecular formula is C17H22N2O2S. The molecule has 2 rings (SSSR count). The van der Waals surface area contributed by atoms with Gasteiger partial charge in [-0.25, -0.2) is 4.79 Å². The van der Waals surface area contributed by atoms with Gasteiger partial charge in [0.15, 0.2) is 5.11 Å². The van der Waals surface area contributed by atoms with Crippen molar-refractivity contribution in [3.8, 4) is 0 Å². The first-order valence-electron chi connectivity index (χ1n) is 7.29. The summed E-state index contributed by atoms with van der Waals surface area (Å²) in [7, 11) is 0. The summed E-state index contributed by atoms with van der Waals surface area (Å²) in [6, 6.07) is 7.36. The summed E-state index contributed by atoms with van der Waals surface area (Å²) >= 11 is 5.34. The van der Waals surface area contributed by atoms with Crippen LogP contribution in [0.4, 0.5) is 5.69 Å². The Kier molecular flexibility index (Phi) is 4.56. The zero-order chi connectivity index (χ0) is 16.5. The maximum absolute atomic E-state index is 11.5. The summed E-state index contributed by atoms with van der Waals surface area (Å²) in [5.74, 6) is 0. The second kappa shape index (κ2) is 6.08. The van der Waals surface area contributed by atoms with Crippen molar-refractivity contribution in [3.05, 3.63) is 40.2 Å². The molecule has 22 heavy (non-hydrogen) atoms. The summed E-state index contributed by atoms with van der Waals surface area (Å²) in [6.45, 7) is 10.4. The number of rotatable bonds is 2. The molecule has 1 unspecified atom stereocenters. The van der Waals surface area contributed by atoms with E-state index in [-0.39, 0.29) is 17.1 Å². The Morgan fingerprint density at radius 2 is 1.95 bits per heavy atom. The van der Waals surface area contributed by atoms with Crippen LogP contribution in [0, 0.1) is 12.3 Å². The molecule has 0 radical (unpaired) electrons. The average molecular weight is 318 g/mol. The molecular weight excluding hydrogens is 296 g/mol. The highest BCUT2D eigenvalue weighted by Crippen LogP contribution is 2.21. The lowest BCUT2D eigenvalue weighted by Crippen LogP contribution is -2.43. The van der Waals surface area contributed by atoms with Gasteiger partial charge in [0.05, 0.1) is 0 Å². The molecule has 5 heteroatoms. The van der Waals surface area contributed by atoms with Crippen LogP contribution in [0.2, 0.25) is 0 Å². The van der Waals surface area contributed by atoms with Crippen molar-refractivity contribution in [1.29, 1.82) is 0 Å². The smallest absolute Gasteiger partial charge is 0.336 e. The molecule has 0 saturated heterocycles. The lowest BCUT2D eigenvalue weighted by atomic mass is 9.88. The fourth-order valence-electron chi connectivity index (χ4n) is 1.98. The normalized spacial score (nSPS) is 13.0. The molecule has 0 bridgehead atoms. The lowest BCUT2D eigenvalue weighted by molar-refractivity contribution is 0.317. The number of benzene rings is 1. The van der Waals surface area contributed by atoms with E-state index in [2.05, 4.69) is 38.3 Å². The first-order chi connectivity index (χ1) is 10.2. The Morgan fingerprint density at radius 3 is 2.59 bits per heavy atom. The third-order valence-electron chi connectivity index (χ3n) is 3.86. The van der Waals surface area contributed by atoms with Gasteiger partial charge in [0.25, 0.3) is 0 Å². The van der Waals surface area contributed by atoms with Crippen LogP contribution in [0.15, 0.2) is 33.5 Å². The van der Waals surface area contributed by atoms with Crippen molar-refractivity contribution in [2.75, 3.05) is 5.32 Å². The maximum atomic E-state index is 11.5. The fourth-order valence-corrected chi connectivity index (χ4v) is 2.28. The predicted octanol–water partition coefficient (Wildman–Crippen LogP) is 3.82. The van der Waals surface area contributed by atoms with E-state index < -0.39 is 0 Å². The largest absolute Gasteiger partial charge is 0.423 e. The number of thiocarbonyl (C=S) groups is 1. The van der Waals surface area contributed by atoms with Gasteiger partial charge in [-0.3, -0.25) is 0 Å². The highest BCUT2D eigenvalue weighted by molar-refractivity contribution is 7.80. The molecule has 1 atom stereocenters. The van der Waals surface area contributed by atoms with Crippen molar-refractivity contribution in [1.82, 2.24) is 5.32 Å².